The summed E-state index contributed by atoms with van der Waals surface area (Å²) >= 11 is 0. The first kappa shape index (κ1) is 31.8. The summed E-state index contributed by atoms with van der Waals surface area (Å²) in [5, 5.41) is 3.05. The van der Waals surface area contributed by atoms with Crippen molar-refractivity contribution in [1.82, 2.24) is 9.13 Å². The molecule has 0 saturated carbocycles. The molecule has 2 heterocycles. The second-order valence-corrected chi connectivity index (χ2v) is 18.2. The largest absolute Gasteiger partial charge is 4.00 e. The minimum absolute atomic E-state index is 0. The van der Waals surface area contributed by atoms with Crippen LogP contribution in [0.5, 0.6) is 0 Å². The molecule has 7 heteroatoms. The smallest absolute Gasteiger partial charge is 1.00 e. The van der Waals surface area contributed by atoms with Crippen molar-refractivity contribution in [3.8, 4) is 0 Å². The van der Waals surface area contributed by atoms with Gasteiger partial charge in [0.25, 0.3) is 0 Å². The van der Waals surface area contributed by atoms with Crippen LogP contribution in [0.25, 0.3) is 0 Å². The fourth-order valence-corrected chi connectivity index (χ4v) is 10.6. The Morgan fingerprint density at radius 2 is 0.935 bits per heavy atom. The first-order valence-electron chi connectivity index (χ1n) is 11.5. The summed E-state index contributed by atoms with van der Waals surface area (Å²) in [5.74, 6) is 0. The van der Waals surface area contributed by atoms with E-state index < -0.39 is 16.5 Å². The normalized spacial score (nSPS) is 21.7. The van der Waals surface area contributed by atoms with Crippen LogP contribution in [0.4, 0.5) is 0 Å². The van der Waals surface area contributed by atoms with Crippen molar-refractivity contribution in [2.75, 3.05) is 26.2 Å². The Hall–Kier alpha value is 0.764. The molecular formula is C24H40Cl2HfN2Si2. The Morgan fingerprint density at radius 1 is 0.613 bits per heavy atom. The van der Waals surface area contributed by atoms with E-state index in [1.807, 2.05) is 0 Å². The van der Waals surface area contributed by atoms with Crippen LogP contribution in [-0.2, 0) is 25.8 Å². The molecule has 172 valence electrons. The van der Waals surface area contributed by atoms with Crippen molar-refractivity contribution in [3.63, 3.8) is 0 Å². The number of halogens is 2. The number of hydrogen-bond donors (Lipinski definition) is 0. The van der Waals surface area contributed by atoms with Crippen LogP contribution in [0, 0.1) is 12.2 Å². The minimum atomic E-state index is -1.32. The van der Waals surface area contributed by atoms with Crippen LogP contribution >= 0.6 is 0 Å². The average molecular weight is 662 g/mol. The molecule has 0 aromatic carbocycles. The molecule has 0 radical (unpaired) electrons. The standard InChI is InChI=1S/2C12H20NSi.2ClH.Hf/c2*1-14(2,12-8-4-5-9-12)13-10-6-3-7-11-13;;;/h2*4,8H,3,5-7,10-11H2,1-2H3;2*1H;/q2*-1;;;+4/p-2. The molecule has 0 N–H and O–H groups in total. The van der Waals surface area contributed by atoms with E-state index in [9.17, 15) is 0 Å². The molecule has 2 aliphatic carbocycles. The Bertz CT molecular complexity index is 592. The van der Waals surface area contributed by atoms with Crippen molar-refractivity contribution in [1.29, 1.82) is 0 Å². The van der Waals surface area contributed by atoms with E-state index in [0.717, 1.165) is 12.8 Å². The molecule has 0 amide bonds. The summed E-state index contributed by atoms with van der Waals surface area (Å²) in [6.45, 7) is 15.1. The molecule has 0 unspecified atom stereocenters. The Labute approximate surface area is 225 Å². The molecule has 2 fully saturated rings. The van der Waals surface area contributed by atoms with Gasteiger partial charge in [0, 0.05) is 0 Å². The van der Waals surface area contributed by atoms with Crippen molar-refractivity contribution < 1.29 is 50.7 Å². The predicted octanol–water partition coefficient (Wildman–Crippen LogP) is -0.182. The monoisotopic (exact) mass is 662 g/mol. The summed E-state index contributed by atoms with van der Waals surface area (Å²) in [5.41, 5.74) is 0. The second kappa shape index (κ2) is 14.9. The zero-order valence-corrected chi connectivity index (χ0v) is 27.0. The molecular weight excluding hydrogens is 622 g/mol. The average Bonchev–Trinajstić information content (AvgIpc) is 3.44. The van der Waals surface area contributed by atoms with E-state index in [-0.39, 0.29) is 50.7 Å². The Morgan fingerprint density at radius 3 is 1.19 bits per heavy atom. The molecule has 2 nitrogen and oxygen atoms in total. The molecule has 0 aromatic rings. The number of piperidine rings is 2. The maximum Gasteiger partial charge on any atom is 4.00 e. The van der Waals surface area contributed by atoms with Crippen molar-refractivity contribution in [3.05, 3.63) is 46.8 Å². The van der Waals surface area contributed by atoms with Crippen LogP contribution < -0.4 is 24.8 Å². The SMILES string of the molecule is C[Si](C)(C1=[C-]CC=C1)N1CCCCC1.C[Si](C)(C1=[C-]CC=C1)N1CCCCC1.[Cl-].[Cl-].[Hf+4]. The van der Waals surface area contributed by atoms with Gasteiger partial charge in [-0.05, 0) is 51.9 Å². The third-order valence-electron chi connectivity index (χ3n) is 7.00. The van der Waals surface area contributed by atoms with Gasteiger partial charge < -0.3 is 33.9 Å². The third-order valence-corrected chi connectivity index (χ3v) is 14.4. The zero-order chi connectivity index (χ0) is 20.0. The van der Waals surface area contributed by atoms with E-state index in [0.29, 0.717) is 0 Å². The van der Waals surface area contributed by atoms with Gasteiger partial charge in [-0.3, -0.25) is 12.2 Å². The summed E-state index contributed by atoms with van der Waals surface area (Å²) < 4.78 is 5.49. The topological polar surface area (TPSA) is 6.48 Å². The molecule has 0 aromatic heterocycles. The second-order valence-electron chi connectivity index (χ2n) is 9.61. The molecule has 0 bridgehead atoms. The first-order valence-corrected chi connectivity index (χ1v) is 17.4. The number of hydrogen-bond acceptors (Lipinski definition) is 2. The van der Waals surface area contributed by atoms with Gasteiger partial charge in [-0.15, -0.1) is 12.8 Å². The van der Waals surface area contributed by atoms with Gasteiger partial charge in [0.15, 0.2) is 0 Å². The maximum atomic E-state index is 3.52. The molecule has 4 aliphatic rings. The maximum absolute atomic E-state index is 3.52. The van der Waals surface area contributed by atoms with Crippen molar-refractivity contribution >= 4 is 16.5 Å². The fourth-order valence-electron chi connectivity index (χ4n) is 4.90. The van der Waals surface area contributed by atoms with Crippen molar-refractivity contribution in [2.24, 2.45) is 0 Å². The van der Waals surface area contributed by atoms with Gasteiger partial charge in [0.1, 0.15) is 16.5 Å². The van der Waals surface area contributed by atoms with Gasteiger partial charge in [-0.2, -0.15) is 12.2 Å². The molecule has 4 rings (SSSR count). The Kier molecular flexibility index (Phi) is 15.3. The van der Waals surface area contributed by atoms with Crippen LogP contribution in [-0.4, -0.2) is 51.8 Å². The molecule has 2 aliphatic heterocycles. The summed E-state index contributed by atoms with van der Waals surface area (Å²) in [6.07, 6.45) is 26.7. The van der Waals surface area contributed by atoms with E-state index in [4.69, 9.17) is 0 Å². The van der Waals surface area contributed by atoms with Gasteiger partial charge in [0.2, 0.25) is 0 Å². The summed E-state index contributed by atoms with van der Waals surface area (Å²) in [7, 11) is -2.63. The van der Waals surface area contributed by atoms with Gasteiger partial charge >= 0.3 is 25.8 Å². The van der Waals surface area contributed by atoms with E-state index in [2.05, 4.69) is 71.8 Å². The predicted molar refractivity (Wildman–Crippen MR) is 127 cm³/mol. The number of rotatable bonds is 4. The van der Waals surface area contributed by atoms with Crippen LogP contribution in [0.1, 0.15) is 51.4 Å². The van der Waals surface area contributed by atoms with Gasteiger partial charge in [-0.25, -0.2) is 22.5 Å². The molecule has 0 atom stereocenters. The van der Waals surface area contributed by atoms with E-state index >= 15 is 0 Å². The van der Waals surface area contributed by atoms with Crippen LogP contribution in [0.15, 0.2) is 34.7 Å². The van der Waals surface area contributed by atoms with Gasteiger partial charge in [0.05, 0.1) is 0 Å². The third kappa shape index (κ3) is 8.49. The zero-order valence-electron chi connectivity index (χ0n) is 19.9. The summed E-state index contributed by atoms with van der Waals surface area (Å²) in [6, 6.07) is 0. The summed E-state index contributed by atoms with van der Waals surface area (Å²) in [4.78, 5) is 0. The van der Waals surface area contributed by atoms with Crippen LogP contribution in [0.3, 0.4) is 0 Å². The Balaban J connectivity index is 0.000000529. The van der Waals surface area contributed by atoms with Crippen LogP contribution in [0.2, 0.25) is 26.2 Å². The quantitative estimate of drug-likeness (QED) is 0.305. The minimum Gasteiger partial charge on any atom is -1.00 e. The molecule has 31 heavy (non-hydrogen) atoms. The van der Waals surface area contributed by atoms with E-state index in [1.165, 1.54) is 75.1 Å². The molecule has 0 spiro atoms. The number of allylic oxidation sites excluding steroid dienone is 8. The number of nitrogens with zero attached hydrogens (tertiary/aromatic N) is 2. The van der Waals surface area contributed by atoms with Gasteiger partial charge in [-0.1, -0.05) is 39.0 Å². The molecule has 2 saturated heterocycles. The fraction of sp³-hybridized carbons (Fsp3) is 0.667. The first-order chi connectivity index (χ1) is 13.4. The van der Waals surface area contributed by atoms with Crippen molar-refractivity contribution in [2.45, 2.75) is 77.6 Å². The van der Waals surface area contributed by atoms with E-state index in [1.54, 1.807) is 0 Å².